The molecule has 1 heterocycles. The lowest BCUT2D eigenvalue weighted by Gasteiger charge is -2.13. The number of para-hydroxylation sites is 1. The van der Waals surface area contributed by atoms with E-state index < -0.39 is 0 Å². The first kappa shape index (κ1) is 10.2. The van der Waals surface area contributed by atoms with Gasteiger partial charge in [-0.25, -0.2) is 9.07 Å². The Morgan fingerprint density at radius 1 is 1.24 bits per heavy atom. The van der Waals surface area contributed by atoms with Crippen LogP contribution < -0.4 is 0 Å². The molecule has 0 bridgehead atoms. The quantitative estimate of drug-likeness (QED) is 0.754. The van der Waals surface area contributed by atoms with E-state index in [2.05, 4.69) is 5.10 Å². The third-order valence-corrected chi connectivity index (χ3v) is 3.07. The standard InChI is InChI=1S/C13H11FN2O/c14-10-4-1-2-5-12(10)16-11-6-3-7-13(17)9(11)8-15-16/h1-2,4-5,8H,3,6-7H2. The maximum absolute atomic E-state index is 13.7. The number of carbonyl (C=O) groups is 1. The average Bonchev–Trinajstić information content (AvgIpc) is 2.75. The van der Waals surface area contributed by atoms with Crippen LogP contribution in [0.2, 0.25) is 0 Å². The largest absolute Gasteiger partial charge is 0.294 e. The Morgan fingerprint density at radius 3 is 2.88 bits per heavy atom. The lowest BCUT2D eigenvalue weighted by Crippen LogP contribution is -2.13. The monoisotopic (exact) mass is 230 g/mol. The van der Waals surface area contributed by atoms with Crippen LogP contribution in [0.25, 0.3) is 5.69 Å². The number of hydrogen-bond acceptors (Lipinski definition) is 2. The minimum Gasteiger partial charge on any atom is -0.294 e. The summed E-state index contributed by atoms with van der Waals surface area (Å²) in [5, 5.41) is 4.14. The molecule has 1 aliphatic rings. The van der Waals surface area contributed by atoms with E-state index in [-0.39, 0.29) is 11.6 Å². The van der Waals surface area contributed by atoms with Crippen molar-refractivity contribution in [3.63, 3.8) is 0 Å². The number of aromatic nitrogens is 2. The topological polar surface area (TPSA) is 34.9 Å². The first-order valence-electron chi connectivity index (χ1n) is 5.62. The normalized spacial score (nSPS) is 14.8. The van der Waals surface area contributed by atoms with E-state index in [0.717, 1.165) is 18.5 Å². The Kier molecular flexibility index (Phi) is 2.28. The zero-order chi connectivity index (χ0) is 11.8. The van der Waals surface area contributed by atoms with Gasteiger partial charge in [-0.1, -0.05) is 12.1 Å². The highest BCUT2D eigenvalue weighted by molar-refractivity contribution is 5.98. The smallest absolute Gasteiger partial charge is 0.166 e. The minimum absolute atomic E-state index is 0.105. The number of Topliss-reactive ketones (excluding diaryl/α,β-unsaturated/α-hetero) is 1. The molecule has 0 spiro atoms. The highest BCUT2D eigenvalue weighted by atomic mass is 19.1. The van der Waals surface area contributed by atoms with Crippen molar-refractivity contribution in [2.45, 2.75) is 19.3 Å². The third-order valence-electron chi connectivity index (χ3n) is 3.07. The maximum Gasteiger partial charge on any atom is 0.166 e. The van der Waals surface area contributed by atoms with Crippen LogP contribution in [0.5, 0.6) is 0 Å². The zero-order valence-electron chi connectivity index (χ0n) is 9.19. The van der Waals surface area contributed by atoms with E-state index >= 15 is 0 Å². The van der Waals surface area contributed by atoms with Gasteiger partial charge in [0.2, 0.25) is 0 Å². The van der Waals surface area contributed by atoms with Crippen LogP contribution in [0.4, 0.5) is 4.39 Å². The van der Waals surface area contributed by atoms with E-state index in [4.69, 9.17) is 0 Å². The fraction of sp³-hybridized carbons (Fsp3) is 0.231. The number of rotatable bonds is 1. The number of fused-ring (bicyclic) bond motifs is 1. The van der Waals surface area contributed by atoms with Gasteiger partial charge in [0, 0.05) is 6.42 Å². The molecule has 1 aromatic carbocycles. The van der Waals surface area contributed by atoms with Crippen molar-refractivity contribution < 1.29 is 9.18 Å². The first-order chi connectivity index (χ1) is 8.27. The molecule has 0 fully saturated rings. The molecule has 0 unspecified atom stereocenters. The molecular formula is C13H11FN2O. The molecule has 1 aromatic heterocycles. The van der Waals surface area contributed by atoms with E-state index in [9.17, 15) is 9.18 Å². The summed E-state index contributed by atoms with van der Waals surface area (Å²) in [6, 6.07) is 6.47. The lowest BCUT2D eigenvalue weighted by atomic mass is 9.97. The van der Waals surface area contributed by atoms with Gasteiger partial charge < -0.3 is 0 Å². The zero-order valence-corrected chi connectivity index (χ0v) is 9.19. The molecule has 17 heavy (non-hydrogen) atoms. The highest BCUT2D eigenvalue weighted by Crippen LogP contribution is 2.24. The van der Waals surface area contributed by atoms with Gasteiger partial charge in [0.1, 0.15) is 11.5 Å². The summed E-state index contributed by atoms with van der Waals surface area (Å²) in [5.74, 6) is -0.217. The van der Waals surface area contributed by atoms with E-state index in [0.29, 0.717) is 17.7 Å². The van der Waals surface area contributed by atoms with Crippen molar-refractivity contribution in [2.24, 2.45) is 0 Å². The Morgan fingerprint density at radius 2 is 2.06 bits per heavy atom. The Balaban J connectivity index is 2.17. The number of ketones is 1. The van der Waals surface area contributed by atoms with Crippen LogP contribution in [0, 0.1) is 5.82 Å². The molecule has 0 atom stereocenters. The maximum atomic E-state index is 13.7. The molecule has 0 saturated heterocycles. The third kappa shape index (κ3) is 1.56. The number of hydrogen-bond donors (Lipinski definition) is 0. The predicted molar refractivity (Wildman–Crippen MR) is 60.8 cm³/mol. The Bertz CT molecular complexity index is 589. The van der Waals surface area contributed by atoms with E-state index in [1.54, 1.807) is 29.1 Å². The van der Waals surface area contributed by atoms with Gasteiger partial charge in [-0.15, -0.1) is 0 Å². The number of halogens is 1. The molecule has 1 aliphatic carbocycles. The van der Waals surface area contributed by atoms with Crippen LogP contribution in [0.3, 0.4) is 0 Å². The molecule has 3 rings (SSSR count). The van der Waals surface area contributed by atoms with Crippen molar-refractivity contribution in [3.05, 3.63) is 47.5 Å². The second-order valence-corrected chi connectivity index (χ2v) is 4.14. The molecule has 2 aromatic rings. The van der Waals surface area contributed by atoms with Gasteiger partial charge in [0.15, 0.2) is 5.78 Å². The Labute approximate surface area is 97.9 Å². The Hall–Kier alpha value is -1.97. The van der Waals surface area contributed by atoms with Gasteiger partial charge in [0.25, 0.3) is 0 Å². The van der Waals surface area contributed by atoms with Crippen molar-refractivity contribution in [1.29, 1.82) is 0 Å². The van der Waals surface area contributed by atoms with Crippen molar-refractivity contribution in [3.8, 4) is 5.69 Å². The second-order valence-electron chi connectivity index (χ2n) is 4.14. The van der Waals surface area contributed by atoms with E-state index in [1.165, 1.54) is 6.07 Å². The molecule has 3 nitrogen and oxygen atoms in total. The number of carbonyl (C=O) groups excluding carboxylic acids is 1. The van der Waals surface area contributed by atoms with Crippen LogP contribution >= 0.6 is 0 Å². The molecule has 0 radical (unpaired) electrons. The fourth-order valence-corrected chi connectivity index (χ4v) is 2.23. The molecule has 0 aliphatic heterocycles. The fourth-order valence-electron chi connectivity index (χ4n) is 2.23. The summed E-state index contributed by atoms with van der Waals surface area (Å²) in [6.45, 7) is 0. The first-order valence-corrected chi connectivity index (χ1v) is 5.62. The summed E-state index contributed by atoms with van der Waals surface area (Å²) >= 11 is 0. The molecule has 0 amide bonds. The van der Waals surface area contributed by atoms with Gasteiger partial charge in [0.05, 0.1) is 17.5 Å². The summed E-state index contributed by atoms with van der Waals surface area (Å²) < 4.78 is 15.2. The van der Waals surface area contributed by atoms with Crippen LogP contribution in [-0.2, 0) is 6.42 Å². The van der Waals surface area contributed by atoms with Crippen molar-refractivity contribution in [1.82, 2.24) is 9.78 Å². The van der Waals surface area contributed by atoms with Crippen LogP contribution in [-0.4, -0.2) is 15.6 Å². The number of benzene rings is 1. The SMILES string of the molecule is O=C1CCCc2c1cnn2-c1ccccc1F. The van der Waals surface area contributed by atoms with Gasteiger partial charge >= 0.3 is 0 Å². The summed E-state index contributed by atoms with van der Waals surface area (Å²) in [5.41, 5.74) is 1.87. The molecule has 86 valence electrons. The van der Waals surface area contributed by atoms with Crippen molar-refractivity contribution in [2.75, 3.05) is 0 Å². The van der Waals surface area contributed by atoms with Crippen LogP contribution in [0.1, 0.15) is 28.9 Å². The summed E-state index contributed by atoms with van der Waals surface area (Å²) in [7, 11) is 0. The average molecular weight is 230 g/mol. The van der Waals surface area contributed by atoms with Gasteiger partial charge in [-0.2, -0.15) is 5.10 Å². The molecule has 0 N–H and O–H groups in total. The van der Waals surface area contributed by atoms with Crippen molar-refractivity contribution >= 4 is 5.78 Å². The lowest BCUT2D eigenvalue weighted by molar-refractivity contribution is 0.0972. The van der Waals surface area contributed by atoms with Gasteiger partial charge in [-0.05, 0) is 25.0 Å². The predicted octanol–water partition coefficient (Wildman–Crippen LogP) is 2.53. The second kappa shape index (κ2) is 3.80. The minimum atomic E-state index is -0.323. The summed E-state index contributed by atoms with van der Waals surface area (Å²) in [6.07, 6.45) is 3.70. The summed E-state index contributed by atoms with van der Waals surface area (Å²) in [4.78, 5) is 11.7. The van der Waals surface area contributed by atoms with Crippen LogP contribution in [0.15, 0.2) is 30.5 Å². The molecular weight excluding hydrogens is 219 g/mol. The molecule has 0 saturated carbocycles. The number of nitrogens with zero attached hydrogens (tertiary/aromatic N) is 2. The van der Waals surface area contributed by atoms with Gasteiger partial charge in [-0.3, -0.25) is 4.79 Å². The molecule has 4 heteroatoms. The van der Waals surface area contributed by atoms with E-state index in [1.807, 2.05) is 0 Å². The highest BCUT2D eigenvalue weighted by Gasteiger charge is 2.23.